The third-order valence-electron chi connectivity index (χ3n) is 5.40. The predicted octanol–water partition coefficient (Wildman–Crippen LogP) is 3.02. The molecule has 2 amide bonds. The summed E-state index contributed by atoms with van der Waals surface area (Å²) < 4.78 is 32.7. The van der Waals surface area contributed by atoms with E-state index >= 15 is 0 Å². The molecular formula is C23H29N3O5S. The smallest absolute Gasteiger partial charge is 0.261 e. The number of carbonyl (C=O) groups excluding carboxylic acids is 2. The van der Waals surface area contributed by atoms with Gasteiger partial charge in [-0.05, 0) is 67.8 Å². The molecule has 0 aliphatic carbocycles. The molecule has 0 aromatic heterocycles. The van der Waals surface area contributed by atoms with Crippen LogP contribution in [0, 0.1) is 0 Å². The number of likely N-dealkylation sites (tertiary alicyclic amines) is 1. The summed E-state index contributed by atoms with van der Waals surface area (Å²) in [5.74, 6) is 0.210. The number of hydrogen-bond acceptors (Lipinski definition) is 5. The molecule has 0 saturated carbocycles. The minimum Gasteiger partial charge on any atom is -0.497 e. The van der Waals surface area contributed by atoms with Crippen LogP contribution in [0.5, 0.6) is 5.75 Å². The molecule has 2 aromatic rings. The van der Waals surface area contributed by atoms with Crippen molar-refractivity contribution in [2.75, 3.05) is 24.9 Å². The van der Waals surface area contributed by atoms with E-state index in [1.54, 1.807) is 41.3 Å². The van der Waals surface area contributed by atoms with Crippen molar-refractivity contribution in [1.29, 1.82) is 0 Å². The van der Waals surface area contributed by atoms with Crippen LogP contribution in [0.3, 0.4) is 0 Å². The van der Waals surface area contributed by atoms with Crippen molar-refractivity contribution in [2.45, 2.75) is 43.5 Å². The first-order valence-electron chi connectivity index (χ1n) is 10.7. The van der Waals surface area contributed by atoms with E-state index in [0.717, 1.165) is 19.3 Å². The Morgan fingerprint density at radius 2 is 1.78 bits per heavy atom. The average molecular weight is 460 g/mol. The average Bonchev–Trinajstić information content (AvgIpc) is 3.29. The molecule has 32 heavy (non-hydrogen) atoms. The van der Waals surface area contributed by atoms with Crippen molar-refractivity contribution in [1.82, 2.24) is 10.2 Å². The molecule has 9 heteroatoms. The Morgan fingerprint density at radius 3 is 2.41 bits per heavy atom. The normalized spacial score (nSPS) is 15.9. The molecule has 1 aliphatic rings. The molecule has 1 atom stereocenters. The van der Waals surface area contributed by atoms with Gasteiger partial charge in [-0.15, -0.1) is 0 Å². The zero-order chi connectivity index (χ0) is 23.1. The van der Waals surface area contributed by atoms with E-state index in [-0.39, 0.29) is 16.7 Å². The standard InChI is InChI=1S/C23H29N3O5S/c1-3-4-15-24-22(27)21-6-5-16-26(21)23(28)17-7-9-18(10-8-17)25-32(29,30)20-13-11-19(31-2)12-14-20/h7-14,21,25H,3-6,15-16H2,1-2H3,(H,24,27). The quantitative estimate of drug-likeness (QED) is 0.561. The van der Waals surface area contributed by atoms with Crippen LogP contribution < -0.4 is 14.8 Å². The fraction of sp³-hybridized carbons (Fsp3) is 0.391. The summed E-state index contributed by atoms with van der Waals surface area (Å²) in [5, 5.41) is 2.90. The molecule has 0 spiro atoms. The number of ether oxygens (including phenoxy) is 1. The minimum atomic E-state index is -3.77. The van der Waals surface area contributed by atoms with E-state index in [2.05, 4.69) is 17.0 Å². The lowest BCUT2D eigenvalue weighted by Gasteiger charge is -2.24. The molecule has 172 valence electrons. The van der Waals surface area contributed by atoms with Crippen molar-refractivity contribution in [2.24, 2.45) is 0 Å². The number of nitrogens with one attached hydrogen (secondary N) is 2. The van der Waals surface area contributed by atoms with Gasteiger partial charge in [0, 0.05) is 24.3 Å². The number of anilines is 1. The monoisotopic (exact) mass is 459 g/mol. The number of sulfonamides is 1. The summed E-state index contributed by atoms with van der Waals surface area (Å²) in [6.45, 7) is 3.19. The molecule has 3 rings (SSSR count). The van der Waals surface area contributed by atoms with Gasteiger partial charge in [-0.1, -0.05) is 13.3 Å². The first-order chi connectivity index (χ1) is 15.4. The Labute approximate surface area is 189 Å². The molecule has 8 nitrogen and oxygen atoms in total. The minimum absolute atomic E-state index is 0.104. The van der Waals surface area contributed by atoms with Gasteiger partial charge >= 0.3 is 0 Å². The second kappa shape index (κ2) is 10.5. The second-order valence-corrected chi connectivity index (χ2v) is 9.34. The summed E-state index contributed by atoms with van der Waals surface area (Å²) in [5.41, 5.74) is 0.748. The van der Waals surface area contributed by atoms with Gasteiger partial charge in [0.05, 0.1) is 12.0 Å². The lowest BCUT2D eigenvalue weighted by molar-refractivity contribution is -0.124. The first kappa shape index (κ1) is 23.6. The zero-order valence-corrected chi connectivity index (χ0v) is 19.2. The first-order valence-corrected chi connectivity index (χ1v) is 12.2. The maximum Gasteiger partial charge on any atom is 0.261 e. The number of amides is 2. The summed E-state index contributed by atoms with van der Waals surface area (Å²) in [6.07, 6.45) is 3.31. The number of carbonyl (C=O) groups is 2. The van der Waals surface area contributed by atoms with Crippen molar-refractivity contribution in [3.8, 4) is 5.75 Å². The lowest BCUT2D eigenvalue weighted by atomic mass is 10.1. The second-order valence-electron chi connectivity index (χ2n) is 7.66. The van der Waals surface area contributed by atoms with Gasteiger partial charge in [-0.2, -0.15) is 0 Å². The number of benzene rings is 2. The van der Waals surface area contributed by atoms with E-state index in [1.165, 1.54) is 19.2 Å². The van der Waals surface area contributed by atoms with Crippen LogP contribution in [-0.4, -0.2) is 51.4 Å². The number of hydrogen-bond donors (Lipinski definition) is 2. The summed E-state index contributed by atoms with van der Waals surface area (Å²) in [7, 11) is -2.26. The summed E-state index contributed by atoms with van der Waals surface area (Å²) in [4.78, 5) is 27.1. The van der Waals surface area contributed by atoms with Crippen LogP contribution in [0.15, 0.2) is 53.4 Å². The van der Waals surface area contributed by atoms with E-state index < -0.39 is 16.1 Å². The highest BCUT2D eigenvalue weighted by Gasteiger charge is 2.34. The maximum atomic E-state index is 13.0. The molecule has 1 saturated heterocycles. The molecule has 1 unspecified atom stereocenters. The Kier molecular flexibility index (Phi) is 7.74. The van der Waals surface area contributed by atoms with Crippen LogP contribution in [0.1, 0.15) is 43.0 Å². The van der Waals surface area contributed by atoms with Crippen molar-refractivity contribution in [3.05, 3.63) is 54.1 Å². The number of methoxy groups -OCH3 is 1. The zero-order valence-electron chi connectivity index (χ0n) is 18.3. The van der Waals surface area contributed by atoms with Gasteiger partial charge in [0.15, 0.2) is 0 Å². The number of rotatable bonds is 9. The summed E-state index contributed by atoms with van der Waals surface area (Å²) >= 11 is 0. The molecular weight excluding hydrogens is 430 g/mol. The lowest BCUT2D eigenvalue weighted by Crippen LogP contribution is -2.46. The van der Waals surface area contributed by atoms with Crippen LogP contribution in [-0.2, 0) is 14.8 Å². The largest absolute Gasteiger partial charge is 0.497 e. The highest BCUT2D eigenvalue weighted by molar-refractivity contribution is 7.92. The highest BCUT2D eigenvalue weighted by Crippen LogP contribution is 2.23. The molecule has 1 fully saturated rings. The molecule has 1 aliphatic heterocycles. The molecule has 1 heterocycles. The van der Waals surface area contributed by atoms with Gasteiger partial charge in [-0.25, -0.2) is 8.42 Å². The summed E-state index contributed by atoms with van der Waals surface area (Å²) in [6, 6.07) is 11.8. The van der Waals surface area contributed by atoms with Crippen LogP contribution in [0.4, 0.5) is 5.69 Å². The van der Waals surface area contributed by atoms with Gasteiger partial charge < -0.3 is 15.0 Å². The third-order valence-corrected chi connectivity index (χ3v) is 6.80. The van der Waals surface area contributed by atoms with E-state index in [0.29, 0.717) is 36.5 Å². The maximum absolute atomic E-state index is 13.0. The SMILES string of the molecule is CCCCNC(=O)C1CCCN1C(=O)c1ccc(NS(=O)(=O)c2ccc(OC)cc2)cc1. The molecule has 0 radical (unpaired) electrons. The van der Waals surface area contributed by atoms with E-state index in [1.807, 2.05) is 0 Å². The van der Waals surface area contributed by atoms with Crippen molar-refractivity contribution >= 4 is 27.5 Å². The predicted molar refractivity (Wildman–Crippen MR) is 122 cm³/mol. The van der Waals surface area contributed by atoms with Crippen LogP contribution >= 0.6 is 0 Å². The topological polar surface area (TPSA) is 105 Å². The highest BCUT2D eigenvalue weighted by atomic mass is 32.2. The number of nitrogens with zero attached hydrogens (tertiary/aromatic N) is 1. The fourth-order valence-corrected chi connectivity index (χ4v) is 4.66. The molecule has 2 aromatic carbocycles. The molecule has 2 N–H and O–H groups in total. The van der Waals surface area contributed by atoms with Crippen LogP contribution in [0.2, 0.25) is 0 Å². The number of unbranched alkanes of at least 4 members (excludes halogenated alkanes) is 1. The Morgan fingerprint density at radius 1 is 1.09 bits per heavy atom. The van der Waals surface area contributed by atoms with Gasteiger partial charge in [0.25, 0.3) is 15.9 Å². The Bertz CT molecular complexity index is 1040. The van der Waals surface area contributed by atoms with Crippen molar-refractivity contribution in [3.63, 3.8) is 0 Å². The molecule has 0 bridgehead atoms. The van der Waals surface area contributed by atoms with Gasteiger partial charge in [-0.3, -0.25) is 14.3 Å². The van der Waals surface area contributed by atoms with Gasteiger partial charge in [0.2, 0.25) is 5.91 Å². The van der Waals surface area contributed by atoms with E-state index in [9.17, 15) is 18.0 Å². The van der Waals surface area contributed by atoms with Crippen molar-refractivity contribution < 1.29 is 22.7 Å². The Hall–Kier alpha value is -3.07. The van der Waals surface area contributed by atoms with E-state index in [4.69, 9.17) is 4.74 Å². The van der Waals surface area contributed by atoms with Gasteiger partial charge in [0.1, 0.15) is 11.8 Å². The third kappa shape index (κ3) is 5.59. The van der Waals surface area contributed by atoms with Crippen LogP contribution in [0.25, 0.3) is 0 Å². The fourth-order valence-electron chi connectivity index (χ4n) is 3.60. The Balaban J connectivity index is 1.66.